The number of nitrogens with zero attached hydrogens (tertiary/aromatic N) is 2. The number of carbonyl (C=O) groups excluding carboxylic acids is 1. The second-order valence-electron chi connectivity index (χ2n) is 4.68. The molecule has 6 nitrogen and oxygen atoms in total. The van der Waals surface area contributed by atoms with Crippen LogP contribution in [0.25, 0.3) is 0 Å². The molecule has 0 aliphatic heterocycles. The maximum Gasteiger partial charge on any atom is 0.373 e. The zero-order valence-electron chi connectivity index (χ0n) is 12.1. The lowest BCUT2D eigenvalue weighted by molar-refractivity contribution is 0.0562. The van der Waals surface area contributed by atoms with E-state index in [1.165, 1.54) is 7.11 Å². The summed E-state index contributed by atoms with van der Waals surface area (Å²) in [6, 6.07) is 3.39. The molecule has 0 aromatic carbocycles. The van der Waals surface area contributed by atoms with Crippen LogP contribution in [0.3, 0.4) is 0 Å². The number of esters is 1. The lowest BCUT2D eigenvalue weighted by Gasteiger charge is -2.11. The fraction of sp³-hybridized carbons (Fsp3) is 0.429. The molecule has 0 aliphatic carbocycles. The van der Waals surface area contributed by atoms with Gasteiger partial charge in [0.25, 0.3) is 0 Å². The monoisotopic (exact) mass is 277 g/mol. The molecule has 6 heteroatoms. The second-order valence-corrected chi connectivity index (χ2v) is 4.68. The summed E-state index contributed by atoms with van der Waals surface area (Å²) < 4.78 is 11.9. The first-order valence-electron chi connectivity index (χ1n) is 6.41. The summed E-state index contributed by atoms with van der Waals surface area (Å²) >= 11 is 0. The minimum atomic E-state index is -0.466. The number of hydrogen-bond acceptors (Lipinski definition) is 5. The molecule has 0 saturated carbocycles. The number of ether oxygens (including phenoxy) is 1. The van der Waals surface area contributed by atoms with E-state index in [4.69, 9.17) is 4.42 Å². The molecule has 2 aromatic heterocycles. The van der Waals surface area contributed by atoms with Gasteiger partial charge in [-0.15, -0.1) is 0 Å². The molecule has 2 rings (SSSR count). The molecule has 2 heterocycles. The summed E-state index contributed by atoms with van der Waals surface area (Å²) in [5, 5.41) is 7.54. The molecular formula is C14H19N3O3. The van der Waals surface area contributed by atoms with E-state index >= 15 is 0 Å². The summed E-state index contributed by atoms with van der Waals surface area (Å²) in [6.45, 7) is 4.69. The van der Waals surface area contributed by atoms with Gasteiger partial charge in [0.2, 0.25) is 5.76 Å². The predicted molar refractivity (Wildman–Crippen MR) is 73.2 cm³/mol. The van der Waals surface area contributed by atoms with E-state index in [1.54, 1.807) is 12.1 Å². The molecule has 0 fully saturated rings. The van der Waals surface area contributed by atoms with Gasteiger partial charge in [0.1, 0.15) is 5.76 Å². The summed E-state index contributed by atoms with van der Waals surface area (Å²) in [6.07, 6.45) is 1.84. The third-order valence-electron chi connectivity index (χ3n) is 3.38. The Morgan fingerprint density at radius 1 is 1.55 bits per heavy atom. The van der Waals surface area contributed by atoms with Gasteiger partial charge in [0.05, 0.1) is 19.3 Å². The van der Waals surface area contributed by atoms with Crippen molar-refractivity contribution in [3.05, 3.63) is 41.1 Å². The van der Waals surface area contributed by atoms with E-state index in [2.05, 4.69) is 15.2 Å². The molecule has 0 aliphatic rings. The predicted octanol–water partition coefficient (Wildman–Crippen LogP) is 1.96. The quantitative estimate of drug-likeness (QED) is 0.846. The van der Waals surface area contributed by atoms with Crippen molar-refractivity contribution >= 4 is 5.97 Å². The number of carbonyl (C=O) groups is 1. The van der Waals surface area contributed by atoms with Crippen LogP contribution in [0, 0.1) is 6.92 Å². The van der Waals surface area contributed by atoms with Crippen LogP contribution in [0.2, 0.25) is 0 Å². The van der Waals surface area contributed by atoms with Crippen LogP contribution in [-0.4, -0.2) is 22.9 Å². The Kier molecular flexibility index (Phi) is 4.24. The molecule has 0 radical (unpaired) electrons. The Labute approximate surface area is 117 Å². The Balaban J connectivity index is 1.98. The third kappa shape index (κ3) is 2.91. The van der Waals surface area contributed by atoms with E-state index in [0.717, 1.165) is 11.3 Å². The number of rotatable bonds is 5. The average molecular weight is 277 g/mol. The standard InChI is InChI=1S/C14H19N3O3/c1-9(12-5-6-13(20-12)14(18)19-4)15-7-11-8-16-17(3)10(11)2/h5-6,8-9,15H,7H2,1-4H3. The van der Waals surface area contributed by atoms with Crippen molar-refractivity contribution in [1.82, 2.24) is 15.1 Å². The maximum atomic E-state index is 11.3. The fourth-order valence-electron chi connectivity index (χ4n) is 1.88. The summed E-state index contributed by atoms with van der Waals surface area (Å²) in [7, 11) is 3.24. The molecule has 0 saturated heterocycles. The SMILES string of the molecule is COC(=O)c1ccc(C(C)NCc2cnn(C)c2C)o1. The Hall–Kier alpha value is -2.08. The molecule has 0 amide bonds. The second kappa shape index (κ2) is 5.92. The number of methoxy groups -OCH3 is 1. The number of furan rings is 1. The first-order valence-corrected chi connectivity index (χ1v) is 6.41. The van der Waals surface area contributed by atoms with Crippen LogP contribution >= 0.6 is 0 Å². The molecule has 108 valence electrons. The maximum absolute atomic E-state index is 11.3. The average Bonchev–Trinajstić information content (AvgIpc) is 3.05. The van der Waals surface area contributed by atoms with E-state index < -0.39 is 5.97 Å². The van der Waals surface area contributed by atoms with Crippen LogP contribution in [0.4, 0.5) is 0 Å². The highest BCUT2D eigenvalue weighted by Crippen LogP contribution is 2.18. The summed E-state index contributed by atoms with van der Waals surface area (Å²) in [5.41, 5.74) is 2.26. The van der Waals surface area contributed by atoms with Crippen LogP contribution in [0.1, 0.15) is 40.5 Å². The highest BCUT2D eigenvalue weighted by molar-refractivity contribution is 5.86. The largest absolute Gasteiger partial charge is 0.463 e. The van der Waals surface area contributed by atoms with Crippen LogP contribution in [0.5, 0.6) is 0 Å². The van der Waals surface area contributed by atoms with Gasteiger partial charge >= 0.3 is 5.97 Å². The topological polar surface area (TPSA) is 69.3 Å². The lowest BCUT2D eigenvalue weighted by atomic mass is 10.2. The Bertz CT molecular complexity index is 601. The van der Waals surface area contributed by atoms with E-state index in [-0.39, 0.29) is 11.8 Å². The minimum Gasteiger partial charge on any atom is -0.463 e. The highest BCUT2D eigenvalue weighted by atomic mass is 16.5. The lowest BCUT2D eigenvalue weighted by Crippen LogP contribution is -2.18. The number of nitrogens with one attached hydrogen (secondary N) is 1. The Morgan fingerprint density at radius 2 is 2.30 bits per heavy atom. The number of aromatic nitrogens is 2. The zero-order valence-corrected chi connectivity index (χ0v) is 12.1. The highest BCUT2D eigenvalue weighted by Gasteiger charge is 2.15. The summed E-state index contributed by atoms with van der Waals surface area (Å²) in [4.78, 5) is 11.3. The number of aryl methyl sites for hydroxylation is 1. The van der Waals surface area contributed by atoms with Crippen LogP contribution in [0.15, 0.2) is 22.7 Å². The smallest absolute Gasteiger partial charge is 0.373 e. The molecule has 0 spiro atoms. The van der Waals surface area contributed by atoms with Gasteiger partial charge in [-0.2, -0.15) is 5.10 Å². The van der Waals surface area contributed by atoms with Crippen LogP contribution < -0.4 is 5.32 Å². The van der Waals surface area contributed by atoms with Crippen LogP contribution in [-0.2, 0) is 18.3 Å². The molecule has 1 N–H and O–H groups in total. The number of hydrogen-bond donors (Lipinski definition) is 1. The van der Waals surface area contributed by atoms with Crippen molar-refractivity contribution in [2.24, 2.45) is 7.05 Å². The normalized spacial score (nSPS) is 12.4. The molecule has 20 heavy (non-hydrogen) atoms. The van der Waals surface area contributed by atoms with Crippen molar-refractivity contribution in [1.29, 1.82) is 0 Å². The van der Waals surface area contributed by atoms with Crippen molar-refractivity contribution in [2.45, 2.75) is 26.4 Å². The van der Waals surface area contributed by atoms with Gasteiger partial charge in [-0.05, 0) is 26.0 Å². The van der Waals surface area contributed by atoms with Gasteiger partial charge < -0.3 is 14.5 Å². The molecule has 1 unspecified atom stereocenters. The molecular weight excluding hydrogens is 258 g/mol. The fourth-order valence-corrected chi connectivity index (χ4v) is 1.88. The van der Waals surface area contributed by atoms with Gasteiger partial charge in [0.15, 0.2) is 0 Å². The van der Waals surface area contributed by atoms with E-state index in [1.807, 2.05) is 31.8 Å². The first-order chi connectivity index (χ1) is 9.52. The first kappa shape index (κ1) is 14.3. The summed E-state index contributed by atoms with van der Waals surface area (Å²) in [5.74, 6) is 0.451. The van der Waals surface area contributed by atoms with E-state index in [9.17, 15) is 4.79 Å². The van der Waals surface area contributed by atoms with E-state index in [0.29, 0.717) is 12.3 Å². The minimum absolute atomic E-state index is 0.00647. The van der Waals surface area contributed by atoms with Crippen molar-refractivity contribution in [3.63, 3.8) is 0 Å². The van der Waals surface area contributed by atoms with Gasteiger partial charge in [-0.1, -0.05) is 0 Å². The molecule has 1 atom stereocenters. The van der Waals surface area contributed by atoms with Gasteiger partial charge in [-0.3, -0.25) is 4.68 Å². The van der Waals surface area contributed by atoms with Crippen molar-refractivity contribution in [3.8, 4) is 0 Å². The third-order valence-corrected chi connectivity index (χ3v) is 3.38. The zero-order chi connectivity index (χ0) is 14.7. The van der Waals surface area contributed by atoms with Crippen molar-refractivity contribution < 1.29 is 13.9 Å². The Morgan fingerprint density at radius 3 is 2.90 bits per heavy atom. The van der Waals surface area contributed by atoms with Gasteiger partial charge in [-0.25, -0.2) is 4.79 Å². The van der Waals surface area contributed by atoms with Gasteiger partial charge in [0, 0.05) is 24.8 Å². The molecule has 2 aromatic rings. The molecule has 0 bridgehead atoms. The van der Waals surface area contributed by atoms with Crippen molar-refractivity contribution in [2.75, 3.05) is 7.11 Å².